The van der Waals surface area contributed by atoms with Gasteiger partial charge in [-0.1, -0.05) is 31.2 Å². The molecule has 1 aliphatic heterocycles. The second kappa shape index (κ2) is 42.3. The van der Waals surface area contributed by atoms with Gasteiger partial charge in [0.1, 0.15) is 11.8 Å². The molecule has 30 heteroatoms. The number of aliphatic carboxylic acids is 3. The fraction of sp³-hybridized carbons (Fsp3) is 0.600. The van der Waals surface area contributed by atoms with Gasteiger partial charge in [0.2, 0.25) is 29.5 Å². The van der Waals surface area contributed by atoms with Gasteiger partial charge in [-0.3, -0.25) is 68.3 Å². The first-order valence-electron chi connectivity index (χ1n) is 28.3. The van der Waals surface area contributed by atoms with Crippen molar-refractivity contribution in [1.82, 2.24) is 51.5 Å². The molecule has 2 aromatic rings. The van der Waals surface area contributed by atoms with E-state index < -0.39 is 47.7 Å². The van der Waals surface area contributed by atoms with E-state index in [9.17, 15) is 63.6 Å². The summed E-state index contributed by atoms with van der Waals surface area (Å²) in [5.41, 5.74) is 7.73. The van der Waals surface area contributed by atoms with Crippen LogP contribution in [0.25, 0.3) is 0 Å². The molecule has 1 saturated heterocycles. The quantitative estimate of drug-likeness (QED) is 0.0201. The van der Waals surface area contributed by atoms with Crippen LogP contribution in [0.5, 0.6) is 5.75 Å². The van der Waals surface area contributed by atoms with Crippen molar-refractivity contribution in [3.63, 3.8) is 0 Å². The number of phenolic OH excluding ortho intramolecular Hbond substituents is 1. The zero-order valence-corrected chi connectivity index (χ0v) is 48.7. The molecular weight excluding hydrogens is 1110 g/mol. The first-order chi connectivity index (χ1) is 40.8. The van der Waals surface area contributed by atoms with Gasteiger partial charge in [0, 0.05) is 97.2 Å². The molecule has 1 fully saturated rings. The van der Waals surface area contributed by atoms with Gasteiger partial charge in [-0.05, 0) is 55.2 Å². The number of phenols is 1. The summed E-state index contributed by atoms with van der Waals surface area (Å²) in [6.07, 6.45) is 0.898. The van der Waals surface area contributed by atoms with Crippen molar-refractivity contribution in [2.24, 2.45) is 10.7 Å². The Hall–Kier alpha value is -7.58. The number of rotatable bonds is 38. The number of urea groups is 1. The Morgan fingerprint density at radius 2 is 1.06 bits per heavy atom. The number of carboxylic acid groups (broad SMARTS) is 3. The summed E-state index contributed by atoms with van der Waals surface area (Å²) < 4.78 is 22.2. The highest BCUT2D eigenvalue weighted by Crippen LogP contribution is 2.19. The molecule has 2 aromatic carbocycles. The molecule has 30 nitrogen and oxygen atoms in total. The van der Waals surface area contributed by atoms with Gasteiger partial charge in [-0.25, -0.2) is 4.79 Å². The minimum absolute atomic E-state index is 0.00584. The Bertz CT molecular complexity index is 2370. The van der Waals surface area contributed by atoms with E-state index in [4.69, 9.17) is 24.7 Å². The van der Waals surface area contributed by atoms with Crippen LogP contribution in [0.4, 0.5) is 10.5 Å². The van der Waals surface area contributed by atoms with Gasteiger partial charge < -0.3 is 77.0 Å². The van der Waals surface area contributed by atoms with E-state index in [2.05, 4.69) is 42.2 Å². The molecule has 0 spiro atoms. The zero-order valence-electron chi connectivity index (χ0n) is 48.7. The minimum atomic E-state index is -1.04. The molecule has 7 amide bonds. The Labute approximate surface area is 494 Å². The molecule has 1 unspecified atom stereocenters. The average Bonchev–Trinajstić information content (AvgIpc) is 3.66. The lowest BCUT2D eigenvalue weighted by Gasteiger charge is -2.32. The van der Waals surface area contributed by atoms with Crippen LogP contribution in [0.2, 0.25) is 0 Å². The number of aliphatic imine (C=N–C) groups is 1. The van der Waals surface area contributed by atoms with Gasteiger partial charge >= 0.3 is 23.9 Å². The summed E-state index contributed by atoms with van der Waals surface area (Å²) in [6, 6.07) is 11.5. The number of nitrogens with zero attached hydrogens (tertiary/aromatic N) is 5. The number of anilines is 1. The lowest BCUT2D eigenvalue weighted by molar-refractivity contribution is -0.140. The van der Waals surface area contributed by atoms with E-state index in [-0.39, 0.29) is 167 Å². The molecule has 474 valence electrons. The molecule has 2 atom stereocenters. The van der Waals surface area contributed by atoms with Crippen molar-refractivity contribution in [3.8, 4) is 5.75 Å². The smallest absolute Gasteiger partial charge is 0.321 e. The topological polar surface area (TPSA) is 407 Å². The van der Waals surface area contributed by atoms with E-state index in [0.717, 1.165) is 5.56 Å². The maximum absolute atomic E-state index is 13.5. The van der Waals surface area contributed by atoms with E-state index in [0.29, 0.717) is 63.5 Å². The molecule has 0 saturated carbocycles. The van der Waals surface area contributed by atoms with Crippen molar-refractivity contribution >= 4 is 65.1 Å². The molecule has 3 rings (SSSR count). The maximum Gasteiger partial charge on any atom is 0.321 e. The number of carboxylic acids is 3. The molecule has 0 bridgehead atoms. The van der Waals surface area contributed by atoms with Crippen LogP contribution in [-0.2, 0) is 63.8 Å². The molecule has 85 heavy (non-hydrogen) atoms. The monoisotopic (exact) mass is 1200 g/mol. The predicted molar refractivity (Wildman–Crippen MR) is 310 cm³/mol. The second-order valence-corrected chi connectivity index (χ2v) is 19.7. The number of carbonyl (C=O) groups excluding carboxylic acids is 6. The zero-order chi connectivity index (χ0) is 62.2. The summed E-state index contributed by atoms with van der Waals surface area (Å²) in [5, 5.41) is 56.7. The maximum atomic E-state index is 13.5. The van der Waals surface area contributed by atoms with Gasteiger partial charge in [0.15, 0.2) is 5.96 Å². The number of benzene rings is 2. The highest BCUT2D eigenvalue weighted by molar-refractivity contribution is 5.95. The predicted octanol–water partition coefficient (Wildman–Crippen LogP) is -1.80. The van der Waals surface area contributed by atoms with Crippen molar-refractivity contribution in [1.29, 1.82) is 0 Å². The third kappa shape index (κ3) is 34.1. The third-order valence-electron chi connectivity index (χ3n) is 12.9. The number of amides is 7. The largest absolute Gasteiger partial charge is 0.508 e. The summed E-state index contributed by atoms with van der Waals surface area (Å²) in [5.74, 6) is -5.44. The summed E-state index contributed by atoms with van der Waals surface area (Å²) >= 11 is 0. The Morgan fingerprint density at radius 1 is 0.576 bits per heavy atom. The first kappa shape index (κ1) is 71.7. The fourth-order valence-electron chi connectivity index (χ4n) is 8.15. The van der Waals surface area contributed by atoms with Crippen LogP contribution >= 0.6 is 0 Å². The number of hydrogen-bond donors (Lipinski definition) is 12. The number of guanidine groups is 1. The number of nitrogens with two attached hydrogens (primary N) is 1. The van der Waals surface area contributed by atoms with E-state index >= 15 is 0 Å². The number of nitrogens with one attached hydrogen (secondary N) is 7. The molecule has 1 aliphatic rings. The number of hydrogen-bond acceptors (Lipinski definition) is 19. The lowest BCUT2D eigenvalue weighted by Crippen LogP contribution is -2.50. The molecular formula is C55H87N13O17. The lowest BCUT2D eigenvalue weighted by atomic mass is 9.99. The van der Waals surface area contributed by atoms with Gasteiger partial charge in [0.25, 0.3) is 0 Å². The Kier molecular flexibility index (Phi) is 35.6. The van der Waals surface area contributed by atoms with E-state index in [1.54, 1.807) is 64.9 Å². The summed E-state index contributed by atoms with van der Waals surface area (Å²) in [6.45, 7) is 7.96. The van der Waals surface area contributed by atoms with Crippen LogP contribution in [0.1, 0.15) is 56.6 Å². The number of aromatic hydroxyl groups is 1. The Balaban J connectivity index is 1.29. The molecule has 0 aliphatic carbocycles. The number of ether oxygens (including phenoxy) is 4. The Morgan fingerprint density at radius 3 is 1.58 bits per heavy atom. The van der Waals surface area contributed by atoms with Crippen LogP contribution in [0.3, 0.4) is 0 Å². The van der Waals surface area contributed by atoms with Crippen LogP contribution in [-0.4, -0.2) is 263 Å². The molecule has 0 radical (unpaired) electrons. The number of carbonyl (C=O) groups is 9. The fourth-order valence-corrected chi connectivity index (χ4v) is 8.15. The van der Waals surface area contributed by atoms with Crippen molar-refractivity contribution in [2.75, 3.05) is 163 Å². The normalized spacial score (nSPS) is 14.8. The summed E-state index contributed by atoms with van der Waals surface area (Å²) in [7, 11) is 0. The highest BCUT2D eigenvalue weighted by atomic mass is 16.6. The minimum Gasteiger partial charge on any atom is -0.508 e. The van der Waals surface area contributed by atoms with Crippen molar-refractivity contribution in [2.45, 2.75) is 58.0 Å². The van der Waals surface area contributed by atoms with Gasteiger partial charge in [-0.15, -0.1) is 0 Å². The molecule has 1 heterocycles. The SMILES string of the molecule is CCC(=O)NCCNC(=O)NC(N)=NCCC[C@@H](NC(=O)C(C)c1ccc(NC(=O)CCOCCOCCOCCOCCNC(=O)CN2CCN(CC(=O)O)CCN(CC(=O)O)CCN(CC(=O)O)CC2)cc1)C(=O)NCc1ccc(O)cc1. The van der Waals surface area contributed by atoms with Crippen molar-refractivity contribution in [3.05, 3.63) is 59.7 Å². The van der Waals surface area contributed by atoms with Gasteiger partial charge in [0.05, 0.1) is 91.4 Å². The van der Waals surface area contributed by atoms with Gasteiger partial charge in [-0.2, -0.15) is 0 Å². The van der Waals surface area contributed by atoms with E-state index in [1.807, 2.05) is 4.90 Å². The van der Waals surface area contributed by atoms with Crippen molar-refractivity contribution < 1.29 is 82.5 Å². The summed E-state index contributed by atoms with van der Waals surface area (Å²) in [4.78, 5) is 121. The molecule has 13 N–H and O–H groups in total. The standard InChI is InChI=1S/C55H87N13O17/c1-3-46(70)57-16-17-60-55(81)64-54(56)59-15-4-5-45(53(80)61-35-41-6-12-44(69)13-7-41)63-52(79)40(2)42-8-10-43(11-9-42)62-47(71)14-27-82-29-31-84-33-34-85-32-30-83-28-18-58-48(72)36-65-19-21-66(37-49(73)74)23-25-68(39-51(77)78)26-24-67(22-20-65)38-50(75)76/h6-13,40,45,69H,3-5,14-39H2,1-2H3,(H,57,70)(H,58,72)(H,61,80)(H,62,71)(H,63,79)(H,73,74)(H,75,76)(H,77,78)(H4,56,59,60,64,81)/t40?,45-/m1/s1. The molecule has 0 aromatic heterocycles. The third-order valence-corrected chi connectivity index (χ3v) is 12.9. The first-order valence-corrected chi connectivity index (χ1v) is 28.3. The van der Waals surface area contributed by atoms with Crippen LogP contribution < -0.4 is 43.0 Å². The van der Waals surface area contributed by atoms with Crippen LogP contribution in [0, 0.1) is 0 Å². The average molecular weight is 1200 g/mol. The van der Waals surface area contributed by atoms with Crippen LogP contribution in [0.15, 0.2) is 53.5 Å². The highest BCUT2D eigenvalue weighted by Gasteiger charge is 2.25. The van der Waals surface area contributed by atoms with E-state index in [1.165, 1.54) is 12.1 Å². The second-order valence-electron chi connectivity index (χ2n) is 19.7.